The number of rotatable bonds is 4. The molecule has 0 bridgehead atoms. The van der Waals surface area contributed by atoms with Crippen molar-refractivity contribution < 1.29 is 44.7 Å². The summed E-state index contributed by atoms with van der Waals surface area (Å²) in [6.07, 6.45) is -4.10. The molecule has 1 amide bonds. The van der Waals surface area contributed by atoms with Gasteiger partial charge in [-0.05, 0) is 37.9 Å². The molecule has 6 atom stereocenters. The van der Waals surface area contributed by atoms with Gasteiger partial charge in [-0.25, -0.2) is 0 Å². The molecule has 9 N–H and O–H groups in total. The Morgan fingerprint density at radius 1 is 1.00 bits per heavy atom. The van der Waals surface area contributed by atoms with Crippen molar-refractivity contribution in [1.82, 2.24) is 4.90 Å². The van der Waals surface area contributed by atoms with Gasteiger partial charge in [0.2, 0.25) is 5.91 Å². The number of aromatic hydroxyl groups is 2. The molecule has 40 heavy (non-hydrogen) atoms. The highest BCUT2D eigenvalue weighted by Crippen LogP contribution is 2.59. The quantitative estimate of drug-likeness (QED) is 0.131. The molecule has 0 aliphatic heterocycles. The molecule has 0 heterocycles. The van der Waals surface area contributed by atoms with Gasteiger partial charge in [0.1, 0.15) is 23.4 Å². The monoisotopic (exact) mass is 551 g/mol. The van der Waals surface area contributed by atoms with Crippen LogP contribution >= 0.6 is 0 Å². The van der Waals surface area contributed by atoms with Crippen molar-refractivity contribution in [3.63, 3.8) is 0 Å². The Labute approximate surface area is 228 Å². The number of nitrogen functional groups attached to an aromatic ring is 1. The maximum absolute atomic E-state index is 13.5. The number of Topliss-reactive ketones (excluding diaryl/α,β-unsaturated/α-hetero) is 2. The van der Waals surface area contributed by atoms with Gasteiger partial charge in [0.05, 0.1) is 30.6 Å². The summed E-state index contributed by atoms with van der Waals surface area (Å²) in [6.45, 7) is 0. The molecule has 2 unspecified atom stereocenters. The van der Waals surface area contributed by atoms with Crippen molar-refractivity contribution in [2.45, 2.75) is 23.9 Å². The zero-order chi connectivity index (χ0) is 29.4. The summed E-state index contributed by atoms with van der Waals surface area (Å²) >= 11 is 0. The smallest absolute Gasteiger partial charge is 0.235 e. The molecule has 1 fully saturated rings. The first-order chi connectivity index (χ1) is 18.8. The number of fused-ring (bicyclic) bond motifs is 3. The van der Waals surface area contributed by atoms with E-state index < -0.39 is 70.2 Å². The largest absolute Gasteiger partial charge is 0.507 e. The number of carbonyl (C=O) groups is 3. The van der Waals surface area contributed by atoms with Crippen molar-refractivity contribution in [2.75, 3.05) is 26.9 Å². The predicted octanol–water partition coefficient (Wildman–Crippen LogP) is 0.120. The fourth-order valence-electron chi connectivity index (χ4n) is 6.29. The molecule has 0 spiro atoms. The van der Waals surface area contributed by atoms with E-state index in [1.165, 1.54) is 32.2 Å². The summed E-state index contributed by atoms with van der Waals surface area (Å²) in [5.41, 5.74) is 8.82. The fraction of sp³-hybridized carbons (Fsp3) is 0.321. The molecule has 2 aliphatic carbocycles. The lowest BCUT2D eigenvalue weighted by Crippen LogP contribution is -2.71. The van der Waals surface area contributed by atoms with Crippen LogP contribution in [-0.4, -0.2) is 80.8 Å². The van der Waals surface area contributed by atoms with Gasteiger partial charge in [0.25, 0.3) is 0 Å². The summed E-state index contributed by atoms with van der Waals surface area (Å²) in [5, 5.41) is 57.5. The number of primary amides is 1. The van der Waals surface area contributed by atoms with Crippen molar-refractivity contribution in [3.05, 3.63) is 47.5 Å². The van der Waals surface area contributed by atoms with Gasteiger partial charge in [-0.3, -0.25) is 19.3 Å². The number of nitrogens with two attached hydrogens (primary N) is 2. The van der Waals surface area contributed by atoms with E-state index in [2.05, 4.69) is 0 Å². The average Bonchev–Trinajstić information content (AvgIpc) is 2.90. The number of carbonyl (C=O) groups excluding carboxylic acids is 3. The molecule has 0 radical (unpaired) electrons. The van der Waals surface area contributed by atoms with E-state index in [4.69, 9.17) is 16.2 Å². The number of hydrogen-bond acceptors (Lipinski definition) is 11. The molecular formula is C28H29N3O9. The molecule has 12 heteroatoms. The molecule has 0 aromatic heterocycles. The molecule has 3 aromatic carbocycles. The number of phenols is 2. The Bertz CT molecular complexity index is 1590. The Morgan fingerprint density at radius 2 is 1.62 bits per heavy atom. The van der Waals surface area contributed by atoms with Crippen molar-refractivity contribution in [2.24, 2.45) is 17.6 Å². The zero-order valence-electron chi connectivity index (χ0n) is 21.8. The number of benzene rings is 3. The first-order valence-corrected chi connectivity index (χ1v) is 12.4. The van der Waals surface area contributed by atoms with Gasteiger partial charge < -0.3 is 41.7 Å². The van der Waals surface area contributed by atoms with Crippen LogP contribution in [0.5, 0.6) is 17.2 Å². The number of ketones is 2. The van der Waals surface area contributed by atoms with Gasteiger partial charge in [-0.15, -0.1) is 0 Å². The molecule has 3 aromatic rings. The highest BCUT2D eigenvalue weighted by atomic mass is 16.5. The summed E-state index contributed by atoms with van der Waals surface area (Å²) in [4.78, 5) is 40.1. The third-order valence-electron chi connectivity index (χ3n) is 8.19. The molecule has 210 valence electrons. The molecule has 12 nitrogen and oxygen atoms in total. The van der Waals surface area contributed by atoms with E-state index in [1.54, 1.807) is 30.3 Å². The molecule has 0 saturated heterocycles. The minimum absolute atomic E-state index is 0.118. The van der Waals surface area contributed by atoms with Crippen LogP contribution in [-0.2, 0) is 14.4 Å². The van der Waals surface area contributed by atoms with Crippen molar-refractivity contribution in [1.29, 1.82) is 0 Å². The number of methoxy groups -OCH3 is 1. The Hall–Kier alpha value is -4.23. The standard InChI is InChI=1S/C28H29N3O9/c1-31(2)20-18-23(34)15-16(25(36)28(18,39)26(37)17(24(20)35)27(30)38)22(33)14-13(19(15)29)9-8-12(21(14)32)10-4-6-11(40-3)7-5-10/h4-9,17-18,20,23,25,32-34,36,39H,29H2,1-3H3,(H2,30,38)/t17?,18-,20+,23+,25?,28+/m1/s1. The highest BCUT2D eigenvalue weighted by molar-refractivity contribution is 6.24. The second kappa shape index (κ2) is 9.17. The number of ether oxygens (including phenoxy) is 1. The number of nitrogens with zero attached hydrogens (tertiary/aromatic N) is 1. The normalized spacial score (nSPS) is 27.9. The Kier molecular flexibility index (Phi) is 6.27. The van der Waals surface area contributed by atoms with Gasteiger partial charge >= 0.3 is 0 Å². The second-order valence-electron chi connectivity index (χ2n) is 10.4. The van der Waals surface area contributed by atoms with Gasteiger partial charge in [0, 0.05) is 27.8 Å². The van der Waals surface area contributed by atoms with Gasteiger partial charge in [0.15, 0.2) is 23.1 Å². The average molecular weight is 552 g/mol. The predicted molar refractivity (Wildman–Crippen MR) is 142 cm³/mol. The van der Waals surface area contributed by atoms with Crippen LogP contribution in [0.4, 0.5) is 5.69 Å². The summed E-state index contributed by atoms with van der Waals surface area (Å²) in [6, 6.07) is 8.32. The number of hydrogen-bond donors (Lipinski definition) is 7. The molecule has 1 saturated carbocycles. The molecular weight excluding hydrogens is 522 g/mol. The van der Waals surface area contributed by atoms with Gasteiger partial charge in [-0.2, -0.15) is 0 Å². The SMILES string of the molecule is COc1ccc(-c2ccc3c(N)c4c(c(O)c3c2O)C(O)[C@]2(O)C(=O)C(C(N)=O)C(=O)[C@@H](N(C)C)[C@@H]2[C@H]4O)cc1. The van der Waals surface area contributed by atoms with Gasteiger partial charge in [-0.1, -0.05) is 18.2 Å². The third-order valence-corrected chi connectivity index (χ3v) is 8.19. The Balaban J connectivity index is 1.80. The maximum Gasteiger partial charge on any atom is 0.235 e. The van der Waals surface area contributed by atoms with E-state index in [9.17, 15) is 39.9 Å². The Morgan fingerprint density at radius 3 is 2.17 bits per heavy atom. The summed E-state index contributed by atoms with van der Waals surface area (Å²) in [5.74, 6) is -8.05. The zero-order valence-corrected chi connectivity index (χ0v) is 21.8. The first kappa shape index (κ1) is 27.3. The lowest BCUT2D eigenvalue weighted by molar-refractivity contribution is -0.202. The van der Waals surface area contributed by atoms with Crippen LogP contribution in [0.1, 0.15) is 23.3 Å². The highest BCUT2D eigenvalue weighted by Gasteiger charge is 2.68. The number of likely N-dealkylation sites (N-methyl/N-ethyl adjacent to an activating group) is 1. The topological polar surface area (TPSA) is 217 Å². The number of phenolic OH excluding ortho intramolecular Hbond substituents is 2. The minimum Gasteiger partial charge on any atom is -0.507 e. The van der Waals surface area contributed by atoms with E-state index in [-0.39, 0.29) is 27.6 Å². The number of anilines is 1. The maximum atomic E-state index is 13.5. The number of aliphatic hydroxyl groups is 3. The van der Waals surface area contributed by atoms with E-state index >= 15 is 0 Å². The van der Waals surface area contributed by atoms with Crippen LogP contribution in [0.15, 0.2) is 36.4 Å². The molecule has 5 rings (SSSR count). The van der Waals surface area contributed by atoms with E-state index in [1.807, 2.05) is 0 Å². The second-order valence-corrected chi connectivity index (χ2v) is 10.4. The first-order valence-electron chi connectivity index (χ1n) is 12.4. The van der Waals surface area contributed by atoms with Crippen LogP contribution in [0.3, 0.4) is 0 Å². The number of aliphatic hydroxyl groups excluding tert-OH is 2. The van der Waals surface area contributed by atoms with Crippen LogP contribution in [0.25, 0.3) is 21.9 Å². The fourth-order valence-corrected chi connectivity index (χ4v) is 6.29. The summed E-state index contributed by atoms with van der Waals surface area (Å²) < 4.78 is 5.16. The van der Waals surface area contributed by atoms with Crippen LogP contribution in [0, 0.1) is 11.8 Å². The summed E-state index contributed by atoms with van der Waals surface area (Å²) in [7, 11) is 4.38. The number of amides is 1. The van der Waals surface area contributed by atoms with Crippen molar-refractivity contribution >= 4 is 33.9 Å². The lowest BCUT2D eigenvalue weighted by Gasteiger charge is -2.53. The molecule has 2 aliphatic rings. The van der Waals surface area contributed by atoms with Crippen LogP contribution < -0.4 is 16.2 Å². The minimum atomic E-state index is -2.92. The third kappa shape index (κ3) is 3.43. The van der Waals surface area contributed by atoms with Crippen molar-refractivity contribution in [3.8, 4) is 28.4 Å². The van der Waals surface area contributed by atoms with E-state index in [0.717, 1.165) is 0 Å². The van der Waals surface area contributed by atoms with E-state index in [0.29, 0.717) is 11.3 Å². The lowest BCUT2D eigenvalue weighted by atomic mass is 9.56. The van der Waals surface area contributed by atoms with Crippen LogP contribution in [0.2, 0.25) is 0 Å².